The quantitative estimate of drug-likeness (QED) is 0.800. The molecule has 1 aromatic heterocycles. The minimum Gasteiger partial charge on any atom is -0.302 e. The molecule has 0 unspecified atom stereocenters. The largest absolute Gasteiger partial charge is 0.302 e. The van der Waals surface area contributed by atoms with Gasteiger partial charge >= 0.3 is 0 Å². The number of para-hydroxylation sites is 1. The summed E-state index contributed by atoms with van der Waals surface area (Å²) in [4.78, 5) is 14.3. The van der Waals surface area contributed by atoms with E-state index in [4.69, 9.17) is 0 Å². The Kier molecular flexibility index (Phi) is 3.17. The number of aromatic nitrogens is 1. The Morgan fingerprint density at radius 3 is 2.67 bits per heavy atom. The first-order valence-corrected chi connectivity index (χ1v) is 7.96. The van der Waals surface area contributed by atoms with Gasteiger partial charge in [-0.25, -0.2) is 12.4 Å². The lowest BCUT2D eigenvalue weighted by Crippen LogP contribution is -2.31. The molecule has 0 atom stereocenters. The molecule has 5 nitrogen and oxygen atoms in total. The van der Waals surface area contributed by atoms with Gasteiger partial charge in [-0.3, -0.25) is 4.79 Å². The van der Waals surface area contributed by atoms with Crippen molar-refractivity contribution in [2.45, 2.75) is 11.8 Å². The van der Waals surface area contributed by atoms with E-state index in [0.29, 0.717) is 12.2 Å². The molecule has 0 saturated carbocycles. The van der Waals surface area contributed by atoms with E-state index in [1.807, 2.05) is 19.1 Å². The van der Waals surface area contributed by atoms with Crippen molar-refractivity contribution < 1.29 is 13.2 Å². The van der Waals surface area contributed by atoms with E-state index in [2.05, 4.69) is 0 Å². The Morgan fingerprint density at radius 2 is 1.90 bits per heavy atom. The van der Waals surface area contributed by atoms with Crippen LogP contribution in [0.2, 0.25) is 0 Å². The van der Waals surface area contributed by atoms with Gasteiger partial charge in [-0.2, -0.15) is 0 Å². The molecule has 2 aromatic rings. The Balaban J connectivity index is 2.33. The number of rotatable bonds is 2. The molecule has 0 aliphatic carbocycles. The maximum Gasteiger partial charge on any atom is 0.276 e. The van der Waals surface area contributed by atoms with Crippen LogP contribution in [-0.4, -0.2) is 24.8 Å². The first-order chi connectivity index (χ1) is 10.1. The van der Waals surface area contributed by atoms with E-state index in [1.165, 1.54) is 23.2 Å². The van der Waals surface area contributed by atoms with Gasteiger partial charge in [0.25, 0.3) is 15.9 Å². The van der Waals surface area contributed by atoms with Crippen LogP contribution in [0.15, 0.2) is 59.6 Å². The number of carbonyl (C=O) groups is 1. The summed E-state index contributed by atoms with van der Waals surface area (Å²) in [6.45, 7) is 2.18. The number of allylic oxidation sites excluding steroid dienone is 1. The molecular formula is C15H14N2O3S. The average Bonchev–Trinajstić information content (AvgIpc) is 2.95. The second-order valence-corrected chi connectivity index (χ2v) is 6.43. The summed E-state index contributed by atoms with van der Waals surface area (Å²) >= 11 is 0. The smallest absolute Gasteiger partial charge is 0.276 e. The standard InChI is InChI=1S/C15H14N2O3S/c1-2-3-10-16-12-7-4-5-9-14(12)21(19,20)17-11-6-8-13(17)15(16)18/h2-9,11H,10H2,1H3/b3-2+. The highest BCUT2D eigenvalue weighted by atomic mass is 32.2. The first-order valence-electron chi connectivity index (χ1n) is 6.52. The fraction of sp³-hybridized carbons (Fsp3) is 0.133. The summed E-state index contributed by atoms with van der Waals surface area (Å²) < 4.78 is 26.5. The van der Waals surface area contributed by atoms with Crippen LogP contribution in [0.5, 0.6) is 0 Å². The Labute approximate surface area is 123 Å². The highest BCUT2D eigenvalue weighted by molar-refractivity contribution is 7.90. The number of benzene rings is 1. The zero-order chi connectivity index (χ0) is 15.0. The van der Waals surface area contributed by atoms with Gasteiger partial charge in [-0.1, -0.05) is 24.3 Å². The van der Waals surface area contributed by atoms with Gasteiger partial charge in [0, 0.05) is 12.7 Å². The summed E-state index contributed by atoms with van der Waals surface area (Å²) in [5, 5.41) is 0. The first kappa shape index (κ1) is 13.6. The summed E-state index contributed by atoms with van der Waals surface area (Å²) in [5.74, 6) is -0.327. The van der Waals surface area contributed by atoms with E-state index in [0.717, 1.165) is 3.97 Å². The van der Waals surface area contributed by atoms with Crippen molar-refractivity contribution in [1.82, 2.24) is 3.97 Å². The second kappa shape index (κ2) is 4.89. The van der Waals surface area contributed by atoms with Crippen molar-refractivity contribution in [3.8, 4) is 0 Å². The highest BCUT2D eigenvalue weighted by Gasteiger charge is 2.33. The van der Waals surface area contributed by atoms with E-state index >= 15 is 0 Å². The summed E-state index contributed by atoms with van der Waals surface area (Å²) in [7, 11) is -3.76. The van der Waals surface area contributed by atoms with Gasteiger partial charge in [0.15, 0.2) is 0 Å². The van der Waals surface area contributed by atoms with Crippen LogP contribution in [0, 0.1) is 0 Å². The normalized spacial score (nSPS) is 16.6. The van der Waals surface area contributed by atoms with Gasteiger partial charge in [-0.15, -0.1) is 0 Å². The molecule has 0 bridgehead atoms. The number of nitrogens with zero attached hydrogens (tertiary/aromatic N) is 2. The van der Waals surface area contributed by atoms with E-state index < -0.39 is 10.0 Å². The van der Waals surface area contributed by atoms with E-state index in [-0.39, 0.29) is 16.5 Å². The van der Waals surface area contributed by atoms with Crippen molar-refractivity contribution in [2.75, 3.05) is 11.4 Å². The van der Waals surface area contributed by atoms with Crippen molar-refractivity contribution >= 4 is 21.6 Å². The van der Waals surface area contributed by atoms with Crippen LogP contribution >= 0.6 is 0 Å². The number of hydrogen-bond donors (Lipinski definition) is 0. The molecule has 1 aromatic carbocycles. The Hall–Kier alpha value is -2.34. The average molecular weight is 302 g/mol. The van der Waals surface area contributed by atoms with Gasteiger partial charge < -0.3 is 4.90 Å². The fourth-order valence-corrected chi connectivity index (χ4v) is 3.92. The van der Waals surface area contributed by atoms with Crippen molar-refractivity contribution in [1.29, 1.82) is 0 Å². The Bertz CT molecular complexity index is 834. The van der Waals surface area contributed by atoms with Gasteiger partial charge in [-0.05, 0) is 31.2 Å². The van der Waals surface area contributed by atoms with Gasteiger partial charge in [0.1, 0.15) is 10.6 Å². The minimum atomic E-state index is -3.76. The molecule has 0 N–H and O–H groups in total. The predicted molar refractivity (Wildman–Crippen MR) is 79.9 cm³/mol. The molecule has 0 fully saturated rings. The van der Waals surface area contributed by atoms with E-state index in [9.17, 15) is 13.2 Å². The second-order valence-electron chi connectivity index (χ2n) is 4.65. The highest BCUT2D eigenvalue weighted by Crippen LogP contribution is 2.32. The summed E-state index contributed by atoms with van der Waals surface area (Å²) in [6, 6.07) is 9.64. The predicted octanol–water partition coefficient (Wildman–Crippen LogP) is 2.26. The molecule has 0 radical (unpaired) electrons. The third-order valence-corrected chi connectivity index (χ3v) is 5.13. The number of anilines is 1. The molecule has 21 heavy (non-hydrogen) atoms. The maximum atomic E-state index is 12.7. The van der Waals surface area contributed by atoms with Crippen molar-refractivity contribution in [2.24, 2.45) is 0 Å². The van der Waals surface area contributed by atoms with Gasteiger partial charge in [0.2, 0.25) is 0 Å². The molecule has 1 aliphatic rings. The third kappa shape index (κ3) is 1.99. The number of carbonyl (C=O) groups excluding carboxylic acids is 1. The monoisotopic (exact) mass is 302 g/mol. The molecule has 0 saturated heterocycles. The van der Waals surface area contributed by atoms with Crippen LogP contribution in [0.3, 0.4) is 0 Å². The van der Waals surface area contributed by atoms with Crippen LogP contribution in [0.1, 0.15) is 17.4 Å². The fourth-order valence-electron chi connectivity index (χ4n) is 2.39. The minimum absolute atomic E-state index is 0.137. The molecule has 1 aliphatic heterocycles. The molecule has 0 spiro atoms. The molecule has 108 valence electrons. The lowest BCUT2D eigenvalue weighted by molar-refractivity contribution is 0.0984. The van der Waals surface area contributed by atoms with Crippen molar-refractivity contribution in [3.05, 3.63) is 60.4 Å². The number of fused-ring (bicyclic) bond motifs is 2. The van der Waals surface area contributed by atoms with Crippen LogP contribution in [-0.2, 0) is 10.0 Å². The Morgan fingerprint density at radius 1 is 1.14 bits per heavy atom. The lowest BCUT2D eigenvalue weighted by atomic mass is 10.2. The van der Waals surface area contributed by atoms with Crippen molar-refractivity contribution in [3.63, 3.8) is 0 Å². The zero-order valence-electron chi connectivity index (χ0n) is 11.4. The maximum absolute atomic E-state index is 12.7. The molecule has 1 amide bonds. The summed E-state index contributed by atoms with van der Waals surface area (Å²) in [6.07, 6.45) is 5.05. The van der Waals surface area contributed by atoms with Crippen LogP contribution in [0.25, 0.3) is 0 Å². The van der Waals surface area contributed by atoms with Crippen LogP contribution in [0.4, 0.5) is 5.69 Å². The summed E-state index contributed by atoms with van der Waals surface area (Å²) in [5.41, 5.74) is 0.556. The molecule has 6 heteroatoms. The number of hydrogen-bond acceptors (Lipinski definition) is 3. The lowest BCUT2D eigenvalue weighted by Gasteiger charge is -2.20. The molecular weight excluding hydrogens is 288 g/mol. The SMILES string of the molecule is C/C=C/CN1C(=O)c2cccn2S(=O)(=O)c2ccccc21. The molecule has 2 heterocycles. The zero-order valence-corrected chi connectivity index (χ0v) is 12.2. The topological polar surface area (TPSA) is 59.4 Å². The number of amides is 1. The van der Waals surface area contributed by atoms with E-state index in [1.54, 1.807) is 24.3 Å². The molecule has 3 rings (SSSR count). The van der Waals surface area contributed by atoms with Crippen LogP contribution < -0.4 is 4.90 Å². The van der Waals surface area contributed by atoms with Gasteiger partial charge in [0.05, 0.1) is 5.69 Å². The third-order valence-electron chi connectivity index (χ3n) is 3.39.